The number of nitrogens with zero attached hydrogens (tertiary/aromatic N) is 3. The first-order valence-electron chi connectivity index (χ1n) is 18.2. The number of rotatable bonds is 24. The van der Waals surface area contributed by atoms with Gasteiger partial charge in [0, 0.05) is 79.5 Å². The Morgan fingerprint density at radius 3 is 1.34 bits per heavy atom. The normalized spacial score (nSPS) is 11.2. The average Bonchev–Trinajstić information content (AvgIpc) is 3.27. The van der Waals surface area contributed by atoms with Gasteiger partial charge in [-0.25, -0.2) is 15.0 Å². The van der Waals surface area contributed by atoms with Crippen molar-refractivity contribution in [1.82, 2.24) is 25.6 Å². The summed E-state index contributed by atoms with van der Waals surface area (Å²) in [6.45, 7) is 4.13. The lowest BCUT2D eigenvalue weighted by atomic mass is 10.0. The first kappa shape index (κ1) is 54.8. The minimum atomic E-state index is -1.46. The summed E-state index contributed by atoms with van der Waals surface area (Å²) in [7, 11) is 11.9. The third-order valence-corrected chi connectivity index (χ3v) is 14.0. The van der Waals surface area contributed by atoms with Gasteiger partial charge in [-0.15, -0.1) is 0 Å². The van der Waals surface area contributed by atoms with Crippen molar-refractivity contribution in [2.24, 2.45) is 5.73 Å². The largest absolute Gasteiger partial charge is 0.545 e. The van der Waals surface area contributed by atoms with Crippen molar-refractivity contribution in [3.05, 3.63) is 95.5 Å². The van der Waals surface area contributed by atoms with Gasteiger partial charge in [0.25, 0.3) is 0 Å². The molecule has 0 aliphatic carbocycles. The number of nitrogens with two attached hydrogens (primary N) is 1. The van der Waals surface area contributed by atoms with E-state index in [2.05, 4.69) is 35.1 Å². The molecular formula is C39H48N6O10S6-2. The molecule has 16 nitrogen and oxygen atoms in total. The van der Waals surface area contributed by atoms with E-state index in [-0.39, 0.29) is 48.0 Å². The van der Waals surface area contributed by atoms with Crippen LogP contribution in [0, 0.1) is 0 Å². The number of carbonyl (C=O) groups is 6. The van der Waals surface area contributed by atoms with Gasteiger partial charge in [-0.1, -0.05) is 50.6 Å². The number of pyridine rings is 3. The molecule has 0 aromatic carbocycles. The van der Waals surface area contributed by atoms with Crippen molar-refractivity contribution in [3.8, 4) is 0 Å². The molecule has 3 aromatic rings. The van der Waals surface area contributed by atoms with Crippen LogP contribution in [0.3, 0.4) is 0 Å². The number of ether oxygens (including phenoxy) is 2. The summed E-state index contributed by atoms with van der Waals surface area (Å²) in [5.41, 5.74) is 5.01. The Labute approximate surface area is 379 Å². The quantitative estimate of drug-likeness (QED) is 0.0501. The molecule has 0 atom stereocenters. The number of hydrogen-bond acceptors (Lipinski definition) is 20. The maximum Gasteiger partial charge on any atom is 0.305 e. The number of carbonyl (C=O) groups excluding carboxylic acids is 6. The van der Waals surface area contributed by atoms with Crippen LogP contribution in [0.15, 0.2) is 111 Å². The van der Waals surface area contributed by atoms with Gasteiger partial charge in [-0.2, -0.15) is 0 Å². The number of amides is 2. The van der Waals surface area contributed by atoms with E-state index >= 15 is 0 Å². The standard InChI is InChI=1S/2C16H20N2O5S2.C7H10N2S2/c1-11(16(21)22)12(6-7-14(19)23-2)15(20)18-9-10-24-25-13-5-3-4-8-17-13;1-11(12(16(21)22)6-7-14(19)23-2)15(20)18-9-10-24-25-13-5-3-4-8-17-13;8-4-6-10-11-7-3-1-2-5-9-7/h2*3-5,8H,6-7,9-10H2,1-2H3,(H,18,20)(H,21,22);1-3,5H,4,6,8H2/p-2/b2*12-11-;. The van der Waals surface area contributed by atoms with E-state index in [9.17, 15) is 39.0 Å². The lowest BCUT2D eigenvalue weighted by Crippen LogP contribution is -2.32. The smallest absolute Gasteiger partial charge is 0.305 e. The van der Waals surface area contributed by atoms with Gasteiger partial charge >= 0.3 is 11.9 Å². The highest BCUT2D eigenvalue weighted by atomic mass is 33.1. The Morgan fingerprint density at radius 1 is 0.574 bits per heavy atom. The molecule has 3 heterocycles. The summed E-state index contributed by atoms with van der Waals surface area (Å²) in [5, 5.41) is 30.3. The number of hydrogen-bond donors (Lipinski definition) is 3. The van der Waals surface area contributed by atoms with Crippen LogP contribution in [0.25, 0.3) is 0 Å². The molecule has 0 saturated heterocycles. The van der Waals surface area contributed by atoms with Crippen molar-refractivity contribution in [2.45, 2.75) is 54.6 Å². The van der Waals surface area contributed by atoms with E-state index < -0.39 is 35.7 Å². The van der Waals surface area contributed by atoms with Crippen LogP contribution in [0.2, 0.25) is 0 Å². The Balaban J connectivity index is 0.000000491. The SMILES string of the molecule is COC(=O)CC/C(C(=O)NCCSSc1ccccn1)=C(\C)C(=O)[O-].COC(=O)CC/C(C(=O)[O-])=C(\C)C(=O)NCCSSc1ccccn1.NCCSSc1ccccn1. The Morgan fingerprint density at radius 2 is 0.984 bits per heavy atom. The van der Waals surface area contributed by atoms with Gasteiger partial charge in [0.05, 0.1) is 26.2 Å². The van der Waals surface area contributed by atoms with Crippen molar-refractivity contribution in [3.63, 3.8) is 0 Å². The van der Waals surface area contributed by atoms with Crippen LogP contribution in [0.4, 0.5) is 0 Å². The fraction of sp³-hybridized carbons (Fsp3) is 0.359. The second-order valence-electron chi connectivity index (χ2n) is 11.5. The third-order valence-electron chi connectivity index (χ3n) is 7.18. The zero-order valence-electron chi connectivity index (χ0n) is 34.0. The zero-order chi connectivity index (χ0) is 45.3. The summed E-state index contributed by atoms with van der Waals surface area (Å²) in [6.07, 6.45) is 4.87. The second-order valence-corrected chi connectivity index (χ2v) is 18.8. The van der Waals surface area contributed by atoms with E-state index in [0.29, 0.717) is 24.6 Å². The van der Waals surface area contributed by atoms with Gasteiger partial charge in [-0.05, 0) is 107 Å². The third kappa shape index (κ3) is 26.0. The summed E-state index contributed by atoms with van der Waals surface area (Å²) >= 11 is 0. The Bertz CT molecular complexity index is 1860. The van der Waals surface area contributed by atoms with E-state index in [0.717, 1.165) is 27.4 Å². The fourth-order valence-electron chi connectivity index (χ4n) is 4.03. The van der Waals surface area contributed by atoms with Crippen LogP contribution in [-0.4, -0.2) is 102 Å². The fourth-order valence-corrected chi connectivity index (χ4v) is 9.33. The first-order valence-corrected chi connectivity index (χ1v) is 25.1. The number of aliphatic carboxylic acids is 2. The first-order chi connectivity index (χ1) is 29.3. The molecule has 3 rings (SSSR count). The molecule has 2 amide bonds. The molecule has 0 fully saturated rings. The molecule has 0 unspecified atom stereocenters. The van der Waals surface area contributed by atoms with Crippen LogP contribution in [0.1, 0.15) is 39.5 Å². The molecular weight excluding hydrogens is 905 g/mol. The summed E-state index contributed by atoms with van der Waals surface area (Å²) in [6, 6.07) is 17.1. The van der Waals surface area contributed by atoms with Gasteiger partial charge in [0.1, 0.15) is 15.1 Å². The maximum absolute atomic E-state index is 12.2. The minimum absolute atomic E-state index is 0.0197. The average molecular weight is 953 g/mol. The number of nitrogens with one attached hydrogen (secondary N) is 2. The van der Waals surface area contributed by atoms with Crippen molar-refractivity contribution in [2.75, 3.05) is 51.1 Å². The molecule has 0 saturated carbocycles. The molecule has 0 spiro atoms. The molecule has 0 radical (unpaired) electrons. The number of carboxylic acids is 2. The van der Waals surface area contributed by atoms with E-state index in [1.54, 1.807) is 40.2 Å². The van der Waals surface area contributed by atoms with Gasteiger partial charge in [0.15, 0.2) is 0 Å². The molecule has 0 bridgehead atoms. The zero-order valence-corrected chi connectivity index (χ0v) is 38.8. The molecule has 3 aromatic heterocycles. The lowest BCUT2D eigenvalue weighted by Gasteiger charge is -2.13. The van der Waals surface area contributed by atoms with E-state index in [1.165, 1.54) is 71.2 Å². The maximum atomic E-state index is 12.2. The number of carboxylic acid groups (broad SMARTS) is 2. The predicted molar refractivity (Wildman–Crippen MR) is 241 cm³/mol. The summed E-state index contributed by atoms with van der Waals surface area (Å²) in [4.78, 5) is 81.2. The van der Waals surface area contributed by atoms with Gasteiger partial charge < -0.3 is 45.6 Å². The molecule has 0 aliphatic rings. The van der Waals surface area contributed by atoms with E-state index in [1.807, 2.05) is 54.6 Å². The highest BCUT2D eigenvalue weighted by molar-refractivity contribution is 8.77. The second kappa shape index (κ2) is 34.4. The molecule has 0 aliphatic heterocycles. The van der Waals surface area contributed by atoms with Crippen LogP contribution < -0.4 is 26.6 Å². The number of aromatic nitrogens is 3. The van der Waals surface area contributed by atoms with Crippen molar-refractivity contribution < 1.29 is 48.5 Å². The minimum Gasteiger partial charge on any atom is -0.545 e. The van der Waals surface area contributed by atoms with Gasteiger partial charge in [-0.3, -0.25) is 19.2 Å². The summed E-state index contributed by atoms with van der Waals surface area (Å²) < 4.78 is 8.97. The Kier molecular flexibility index (Phi) is 30.9. The molecule has 4 N–H and O–H groups in total. The molecule has 22 heteroatoms. The predicted octanol–water partition coefficient (Wildman–Crippen LogP) is 3.70. The molecule has 61 heavy (non-hydrogen) atoms. The topological polar surface area (TPSA) is 256 Å². The van der Waals surface area contributed by atoms with Crippen LogP contribution in [0.5, 0.6) is 0 Å². The van der Waals surface area contributed by atoms with Gasteiger partial charge in [0.2, 0.25) is 11.8 Å². The number of methoxy groups -OCH3 is 2. The summed E-state index contributed by atoms with van der Waals surface area (Å²) in [5.74, 6) is -2.76. The van der Waals surface area contributed by atoms with Crippen LogP contribution >= 0.6 is 64.8 Å². The molecule has 332 valence electrons. The highest BCUT2D eigenvalue weighted by Gasteiger charge is 2.16. The van der Waals surface area contributed by atoms with Crippen molar-refractivity contribution in [1.29, 1.82) is 0 Å². The Hall–Kier alpha value is -4.19. The van der Waals surface area contributed by atoms with Crippen LogP contribution in [-0.2, 0) is 38.2 Å². The number of esters is 2. The highest BCUT2D eigenvalue weighted by Crippen LogP contribution is 2.29. The lowest BCUT2D eigenvalue weighted by molar-refractivity contribution is -0.300. The monoisotopic (exact) mass is 952 g/mol. The van der Waals surface area contributed by atoms with Crippen molar-refractivity contribution >= 4 is 100 Å². The van der Waals surface area contributed by atoms with E-state index in [4.69, 9.17) is 5.73 Å².